The molecule has 0 fully saturated rings. The third-order valence-corrected chi connectivity index (χ3v) is 5.16. The fourth-order valence-corrected chi connectivity index (χ4v) is 3.41. The number of ether oxygens (including phenoxy) is 1. The number of tetrazole rings is 1. The van der Waals surface area contributed by atoms with E-state index >= 15 is 0 Å². The number of hydrogen-bond donors (Lipinski definition) is 1. The molecule has 0 aliphatic carbocycles. The number of thioether (sulfide) groups is 1. The van der Waals surface area contributed by atoms with Crippen molar-refractivity contribution in [3.05, 3.63) is 59.7 Å². The third kappa shape index (κ3) is 5.08. The number of rotatable bonds is 8. The Morgan fingerprint density at radius 3 is 2.59 bits per heavy atom. The van der Waals surface area contributed by atoms with Gasteiger partial charge in [-0.1, -0.05) is 61.5 Å². The summed E-state index contributed by atoms with van der Waals surface area (Å²) in [5.41, 5.74) is 3.21. The topological polar surface area (TPSA) is 73.1 Å². The lowest BCUT2D eigenvalue weighted by Crippen LogP contribution is -2.21. The highest BCUT2D eigenvalue weighted by molar-refractivity contribution is 7.99. The summed E-state index contributed by atoms with van der Waals surface area (Å²) in [5, 5.41) is 22.8. The summed E-state index contributed by atoms with van der Waals surface area (Å²) in [4.78, 5) is 0. The number of nitrogens with zero attached hydrogens (tertiary/aromatic N) is 4. The largest absolute Gasteiger partial charge is 0.491 e. The summed E-state index contributed by atoms with van der Waals surface area (Å²) < 4.78 is 7.51. The quantitative estimate of drug-likeness (QED) is 0.598. The van der Waals surface area contributed by atoms with Gasteiger partial charge in [0, 0.05) is 5.75 Å². The predicted octanol–water partition coefficient (Wildman–Crippen LogP) is 3.63. The Hall–Kier alpha value is -2.38. The van der Waals surface area contributed by atoms with Gasteiger partial charge < -0.3 is 9.84 Å². The van der Waals surface area contributed by atoms with E-state index in [1.54, 1.807) is 4.68 Å². The maximum atomic E-state index is 10.3. The molecule has 6 nitrogen and oxygen atoms in total. The first kappa shape index (κ1) is 19.4. The number of aliphatic hydroxyl groups is 1. The Morgan fingerprint density at radius 1 is 1.11 bits per heavy atom. The second kappa shape index (κ2) is 9.01. The van der Waals surface area contributed by atoms with Crippen LogP contribution >= 0.6 is 11.8 Å². The molecule has 0 radical (unpaired) electrons. The molecular weight excluding hydrogens is 360 g/mol. The number of aliphatic hydroxyl groups excluding tert-OH is 1. The fourth-order valence-electron chi connectivity index (χ4n) is 2.61. The first-order valence-corrected chi connectivity index (χ1v) is 9.91. The van der Waals surface area contributed by atoms with E-state index in [0.717, 1.165) is 17.0 Å². The van der Waals surface area contributed by atoms with Crippen molar-refractivity contribution in [1.29, 1.82) is 0 Å². The van der Waals surface area contributed by atoms with Crippen molar-refractivity contribution in [1.82, 2.24) is 20.2 Å². The highest BCUT2D eigenvalue weighted by atomic mass is 32.2. The summed E-state index contributed by atoms with van der Waals surface area (Å²) >= 11 is 1.40. The average Bonchev–Trinajstić information content (AvgIpc) is 3.14. The van der Waals surface area contributed by atoms with Crippen LogP contribution in [0.4, 0.5) is 0 Å². The standard InChI is InChI=1S/C20H24N4O2S/c1-14(2)18-6-4-5-7-19(18)26-12-17(25)13-27-20-21-22-23-24(20)16-10-8-15(3)9-11-16/h4-11,14,17,25H,12-13H2,1-3H3/t17-/m0/s1. The van der Waals surface area contributed by atoms with Gasteiger partial charge >= 0.3 is 0 Å². The highest BCUT2D eigenvalue weighted by Crippen LogP contribution is 2.26. The summed E-state index contributed by atoms with van der Waals surface area (Å²) in [7, 11) is 0. The number of aryl methyl sites for hydroxylation is 1. The maximum absolute atomic E-state index is 10.3. The molecule has 0 amide bonds. The van der Waals surface area contributed by atoms with Crippen LogP contribution in [0, 0.1) is 6.92 Å². The molecule has 1 atom stereocenters. The Balaban J connectivity index is 1.57. The molecule has 142 valence electrons. The van der Waals surface area contributed by atoms with Crippen LogP contribution in [0.3, 0.4) is 0 Å². The van der Waals surface area contributed by atoms with E-state index in [1.165, 1.54) is 17.3 Å². The Morgan fingerprint density at radius 2 is 1.85 bits per heavy atom. The van der Waals surface area contributed by atoms with E-state index in [-0.39, 0.29) is 6.61 Å². The minimum Gasteiger partial charge on any atom is -0.491 e. The van der Waals surface area contributed by atoms with Crippen LogP contribution < -0.4 is 4.74 Å². The molecule has 0 spiro atoms. The smallest absolute Gasteiger partial charge is 0.214 e. The van der Waals surface area contributed by atoms with Gasteiger partial charge in [0.25, 0.3) is 0 Å². The second-order valence-electron chi connectivity index (χ2n) is 6.68. The Labute approximate surface area is 163 Å². The molecule has 0 saturated heterocycles. The summed E-state index contributed by atoms with van der Waals surface area (Å²) in [5.74, 6) is 1.63. The molecular formula is C20H24N4O2S. The Kier molecular flexibility index (Phi) is 6.47. The molecule has 0 saturated carbocycles. The van der Waals surface area contributed by atoms with Gasteiger partial charge in [-0.15, -0.1) is 5.10 Å². The van der Waals surface area contributed by atoms with E-state index in [4.69, 9.17) is 4.74 Å². The number of aromatic nitrogens is 4. The van der Waals surface area contributed by atoms with Crippen molar-refractivity contribution in [3.8, 4) is 11.4 Å². The minimum absolute atomic E-state index is 0.225. The van der Waals surface area contributed by atoms with Crippen LogP contribution in [-0.4, -0.2) is 43.8 Å². The second-order valence-corrected chi connectivity index (χ2v) is 7.66. The highest BCUT2D eigenvalue weighted by Gasteiger charge is 2.14. The van der Waals surface area contributed by atoms with Crippen LogP contribution in [0.2, 0.25) is 0 Å². The fraction of sp³-hybridized carbons (Fsp3) is 0.350. The van der Waals surface area contributed by atoms with E-state index in [9.17, 15) is 5.11 Å². The lowest BCUT2D eigenvalue weighted by atomic mass is 10.0. The first-order chi connectivity index (χ1) is 13.0. The molecule has 2 aromatic carbocycles. The third-order valence-electron chi connectivity index (χ3n) is 4.10. The minimum atomic E-state index is -0.626. The van der Waals surface area contributed by atoms with Crippen molar-refractivity contribution in [2.75, 3.05) is 12.4 Å². The zero-order chi connectivity index (χ0) is 19.2. The maximum Gasteiger partial charge on any atom is 0.214 e. The zero-order valence-corrected chi connectivity index (χ0v) is 16.6. The van der Waals surface area contributed by atoms with Gasteiger partial charge in [-0.3, -0.25) is 0 Å². The lowest BCUT2D eigenvalue weighted by molar-refractivity contribution is 0.125. The van der Waals surface area contributed by atoms with Crippen molar-refractivity contribution in [2.45, 2.75) is 37.9 Å². The molecule has 0 aliphatic rings. The van der Waals surface area contributed by atoms with Gasteiger partial charge in [0.15, 0.2) is 0 Å². The van der Waals surface area contributed by atoms with Crippen molar-refractivity contribution in [2.24, 2.45) is 0 Å². The van der Waals surface area contributed by atoms with Crippen LogP contribution in [0.1, 0.15) is 30.9 Å². The SMILES string of the molecule is Cc1ccc(-n2nnnc2SC[C@@H](O)COc2ccccc2C(C)C)cc1. The van der Waals surface area contributed by atoms with Gasteiger partial charge in [-0.25, -0.2) is 0 Å². The van der Waals surface area contributed by atoms with Crippen molar-refractivity contribution in [3.63, 3.8) is 0 Å². The summed E-state index contributed by atoms with van der Waals surface area (Å²) in [6, 6.07) is 15.9. The van der Waals surface area contributed by atoms with E-state index in [2.05, 4.69) is 35.4 Å². The van der Waals surface area contributed by atoms with E-state index < -0.39 is 6.10 Å². The number of benzene rings is 2. The summed E-state index contributed by atoms with van der Waals surface area (Å²) in [6.45, 7) is 6.51. The molecule has 1 N–H and O–H groups in total. The van der Waals surface area contributed by atoms with Gasteiger partial charge in [0.1, 0.15) is 12.4 Å². The number of para-hydroxylation sites is 1. The molecule has 0 aliphatic heterocycles. The van der Waals surface area contributed by atoms with E-state index in [1.807, 2.05) is 49.4 Å². The average molecular weight is 385 g/mol. The predicted molar refractivity (Wildman–Crippen MR) is 107 cm³/mol. The summed E-state index contributed by atoms with van der Waals surface area (Å²) in [6.07, 6.45) is -0.626. The number of hydrogen-bond acceptors (Lipinski definition) is 6. The molecule has 3 rings (SSSR count). The van der Waals surface area contributed by atoms with Crippen LogP contribution in [0.15, 0.2) is 53.7 Å². The van der Waals surface area contributed by atoms with Gasteiger partial charge in [0.2, 0.25) is 5.16 Å². The van der Waals surface area contributed by atoms with E-state index in [0.29, 0.717) is 16.8 Å². The lowest BCUT2D eigenvalue weighted by Gasteiger charge is -2.16. The molecule has 1 aromatic heterocycles. The van der Waals surface area contributed by atoms with Gasteiger partial charge in [-0.2, -0.15) is 4.68 Å². The van der Waals surface area contributed by atoms with Crippen molar-refractivity contribution < 1.29 is 9.84 Å². The van der Waals surface area contributed by atoms with Crippen molar-refractivity contribution >= 4 is 11.8 Å². The molecule has 27 heavy (non-hydrogen) atoms. The molecule has 1 heterocycles. The van der Waals surface area contributed by atoms with Crippen LogP contribution in [0.25, 0.3) is 5.69 Å². The van der Waals surface area contributed by atoms with Crippen LogP contribution in [0.5, 0.6) is 5.75 Å². The van der Waals surface area contributed by atoms with Crippen LogP contribution in [-0.2, 0) is 0 Å². The van der Waals surface area contributed by atoms with Gasteiger partial charge in [0.05, 0.1) is 11.8 Å². The van der Waals surface area contributed by atoms with Gasteiger partial charge in [-0.05, 0) is 47.0 Å². The molecule has 7 heteroatoms. The first-order valence-electron chi connectivity index (χ1n) is 8.92. The normalized spacial score (nSPS) is 12.3. The molecule has 0 unspecified atom stereocenters. The monoisotopic (exact) mass is 384 g/mol. The zero-order valence-electron chi connectivity index (χ0n) is 15.7. The molecule has 3 aromatic rings. The molecule has 0 bridgehead atoms. The Bertz CT molecular complexity index is 864.